The van der Waals surface area contributed by atoms with Crippen LogP contribution in [-0.4, -0.2) is 24.2 Å². The Morgan fingerprint density at radius 3 is 2.27 bits per heavy atom. The van der Waals surface area contributed by atoms with E-state index in [9.17, 15) is 17.4 Å². The van der Waals surface area contributed by atoms with Gasteiger partial charge in [-0.1, -0.05) is 35.4 Å². The van der Waals surface area contributed by atoms with Gasteiger partial charge in [-0.3, -0.25) is 4.21 Å². The van der Waals surface area contributed by atoms with Crippen LogP contribution in [0.2, 0.25) is 10.0 Å². The molecule has 0 amide bonds. The van der Waals surface area contributed by atoms with Crippen molar-refractivity contribution in [3.8, 4) is 5.69 Å². The number of thiocarbonyl (C=S) groups is 1. The number of halogens is 5. The minimum Gasteiger partial charge on any atom is -0.388 e. The van der Waals surface area contributed by atoms with Gasteiger partial charge in [0.1, 0.15) is 27.1 Å². The quantitative estimate of drug-likeness (QED) is 0.705. The molecule has 1 fully saturated rings. The summed E-state index contributed by atoms with van der Waals surface area (Å²) in [6, 6.07) is 1.42. The van der Waals surface area contributed by atoms with Crippen molar-refractivity contribution in [1.29, 1.82) is 0 Å². The summed E-state index contributed by atoms with van der Waals surface area (Å²) >= 11 is 16.9. The molecule has 12 heteroatoms. The van der Waals surface area contributed by atoms with E-state index in [0.29, 0.717) is 12.1 Å². The number of hydrogen-bond acceptors (Lipinski definition) is 4. The third kappa shape index (κ3) is 3.42. The molecule has 3 rings (SSSR count). The van der Waals surface area contributed by atoms with Crippen LogP contribution in [0.1, 0.15) is 24.1 Å². The smallest absolute Gasteiger partial charge is 0.388 e. The van der Waals surface area contributed by atoms with E-state index in [4.69, 9.17) is 46.9 Å². The molecule has 140 valence electrons. The number of alkyl halides is 3. The highest BCUT2D eigenvalue weighted by molar-refractivity contribution is 7.86. The van der Waals surface area contributed by atoms with Crippen molar-refractivity contribution in [3.63, 3.8) is 0 Å². The standard InChI is InChI=1S/C14H11Cl2F3N4OS2/c15-7-3-5(14(17,18)19)4-8(16)10(7)23-12(20)11(9(22-23)13(21)25)26(24)6-1-2-6/h3-4,6H,1-2,20H2,(H2,21,25). The number of rotatable bonds is 4. The van der Waals surface area contributed by atoms with Gasteiger partial charge < -0.3 is 11.5 Å². The molecule has 1 aliphatic rings. The Morgan fingerprint density at radius 1 is 1.31 bits per heavy atom. The van der Waals surface area contributed by atoms with Gasteiger partial charge >= 0.3 is 6.18 Å². The summed E-state index contributed by atoms with van der Waals surface area (Å²) in [4.78, 5) is 0.00522. The minimum absolute atomic E-state index is 0.0368. The number of benzene rings is 1. The molecule has 1 aromatic carbocycles. The van der Waals surface area contributed by atoms with E-state index in [-0.39, 0.29) is 42.4 Å². The summed E-state index contributed by atoms with van der Waals surface area (Å²) in [5, 5.41) is 3.38. The van der Waals surface area contributed by atoms with Gasteiger partial charge in [0, 0.05) is 5.25 Å². The van der Waals surface area contributed by atoms with Crippen molar-refractivity contribution in [2.24, 2.45) is 5.73 Å². The highest BCUT2D eigenvalue weighted by Gasteiger charge is 2.36. The fraction of sp³-hybridized carbons (Fsp3) is 0.286. The van der Waals surface area contributed by atoms with Crippen molar-refractivity contribution in [1.82, 2.24) is 9.78 Å². The maximum Gasteiger partial charge on any atom is 0.416 e. The summed E-state index contributed by atoms with van der Waals surface area (Å²) < 4.78 is 52.3. The molecule has 0 bridgehead atoms. The van der Waals surface area contributed by atoms with Gasteiger partial charge in [-0.25, -0.2) is 4.68 Å². The van der Waals surface area contributed by atoms with E-state index in [1.54, 1.807) is 0 Å². The molecule has 1 atom stereocenters. The number of hydrogen-bond donors (Lipinski definition) is 2. The normalized spacial score (nSPS) is 15.9. The second-order valence-electron chi connectivity index (χ2n) is 5.62. The number of nitrogens with zero attached hydrogens (tertiary/aromatic N) is 2. The zero-order valence-electron chi connectivity index (χ0n) is 12.8. The molecular weight excluding hydrogens is 432 g/mol. The van der Waals surface area contributed by atoms with Crippen LogP contribution in [0.5, 0.6) is 0 Å². The van der Waals surface area contributed by atoms with Gasteiger partial charge in [0.2, 0.25) is 0 Å². The molecule has 0 radical (unpaired) electrons. The lowest BCUT2D eigenvalue weighted by molar-refractivity contribution is -0.137. The first kappa shape index (κ1) is 19.4. The predicted molar refractivity (Wildman–Crippen MR) is 98.3 cm³/mol. The van der Waals surface area contributed by atoms with E-state index in [2.05, 4.69) is 5.10 Å². The Labute approximate surface area is 163 Å². The van der Waals surface area contributed by atoms with Crippen LogP contribution in [0.15, 0.2) is 17.0 Å². The number of aromatic nitrogens is 2. The number of nitrogens with two attached hydrogens (primary N) is 2. The number of nitrogen functional groups attached to an aromatic ring is 1. The summed E-state index contributed by atoms with van der Waals surface area (Å²) in [5.41, 5.74) is 10.6. The lowest BCUT2D eigenvalue weighted by Gasteiger charge is -2.13. The van der Waals surface area contributed by atoms with Gasteiger partial charge in [0.05, 0.1) is 26.4 Å². The molecule has 26 heavy (non-hydrogen) atoms. The molecule has 2 aromatic rings. The SMILES string of the molecule is NC(=S)c1nn(-c2c(Cl)cc(C(F)(F)F)cc2Cl)c(N)c1S(=O)C1CC1. The Bertz CT molecular complexity index is 918. The van der Waals surface area contributed by atoms with Gasteiger partial charge in [-0.15, -0.1) is 0 Å². The molecule has 1 aliphatic carbocycles. The topological polar surface area (TPSA) is 86.9 Å². The molecule has 1 saturated carbocycles. The van der Waals surface area contributed by atoms with E-state index < -0.39 is 22.5 Å². The van der Waals surface area contributed by atoms with Crippen molar-refractivity contribution < 1.29 is 17.4 Å². The van der Waals surface area contributed by atoms with Crippen LogP contribution in [-0.2, 0) is 17.0 Å². The zero-order valence-corrected chi connectivity index (χ0v) is 16.0. The lowest BCUT2D eigenvalue weighted by atomic mass is 10.2. The van der Waals surface area contributed by atoms with Gasteiger partial charge in [-0.05, 0) is 25.0 Å². The van der Waals surface area contributed by atoms with Crippen LogP contribution >= 0.6 is 35.4 Å². The molecule has 1 heterocycles. The molecule has 4 N–H and O–H groups in total. The Hall–Kier alpha value is -1.36. The predicted octanol–water partition coefficient (Wildman–Crippen LogP) is 3.68. The highest BCUT2D eigenvalue weighted by Crippen LogP contribution is 2.40. The fourth-order valence-electron chi connectivity index (χ4n) is 2.33. The third-order valence-corrected chi connectivity index (χ3v) is 6.34. The van der Waals surface area contributed by atoms with Crippen LogP contribution in [0, 0.1) is 0 Å². The van der Waals surface area contributed by atoms with Crippen LogP contribution < -0.4 is 11.5 Å². The Kier molecular flexibility index (Phi) is 4.97. The third-order valence-electron chi connectivity index (χ3n) is 3.69. The van der Waals surface area contributed by atoms with Crippen molar-refractivity contribution in [3.05, 3.63) is 33.4 Å². The van der Waals surface area contributed by atoms with Crippen LogP contribution in [0.4, 0.5) is 19.0 Å². The molecule has 1 aromatic heterocycles. The van der Waals surface area contributed by atoms with Crippen molar-refractivity contribution in [2.45, 2.75) is 29.2 Å². The molecule has 0 saturated heterocycles. The Morgan fingerprint density at radius 2 is 1.85 bits per heavy atom. The second-order valence-corrected chi connectivity index (χ2v) is 8.55. The monoisotopic (exact) mass is 442 g/mol. The summed E-state index contributed by atoms with van der Waals surface area (Å²) in [6.45, 7) is 0. The van der Waals surface area contributed by atoms with Crippen molar-refractivity contribution >= 4 is 57.0 Å². The summed E-state index contributed by atoms with van der Waals surface area (Å²) in [6.07, 6.45) is -3.10. The summed E-state index contributed by atoms with van der Waals surface area (Å²) in [7, 11) is -1.49. The molecule has 0 spiro atoms. The van der Waals surface area contributed by atoms with Crippen LogP contribution in [0.3, 0.4) is 0 Å². The average Bonchev–Trinajstić information content (AvgIpc) is 3.30. The first-order valence-corrected chi connectivity index (χ1v) is 9.55. The maximum atomic E-state index is 12.9. The van der Waals surface area contributed by atoms with Gasteiger partial charge in [0.15, 0.2) is 0 Å². The first-order valence-electron chi connectivity index (χ1n) is 7.17. The Balaban J connectivity index is 2.20. The van der Waals surface area contributed by atoms with Gasteiger partial charge in [0.25, 0.3) is 0 Å². The van der Waals surface area contributed by atoms with E-state index in [1.165, 1.54) is 0 Å². The molecule has 1 unspecified atom stereocenters. The molecule has 5 nitrogen and oxygen atoms in total. The van der Waals surface area contributed by atoms with E-state index in [1.807, 2.05) is 0 Å². The highest BCUT2D eigenvalue weighted by atomic mass is 35.5. The lowest BCUT2D eigenvalue weighted by Crippen LogP contribution is -2.14. The van der Waals surface area contributed by atoms with Crippen molar-refractivity contribution in [2.75, 3.05) is 5.73 Å². The number of anilines is 1. The summed E-state index contributed by atoms with van der Waals surface area (Å²) in [5.74, 6) is -0.0819. The van der Waals surface area contributed by atoms with Gasteiger partial charge in [-0.2, -0.15) is 18.3 Å². The fourth-order valence-corrected chi connectivity index (χ4v) is 4.71. The van der Waals surface area contributed by atoms with E-state index in [0.717, 1.165) is 17.5 Å². The second kappa shape index (κ2) is 6.66. The van der Waals surface area contributed by atoms with Crippen LogP contribution in [0.25, 0.3) is 5.69 Å². The molecular formula is C14H11Cl2F3N4OS2. The molecule has 0 aliphatic heterocycles. The maximum absolute atomic E-state index is 12.9. The first-order chi connectivity index (χ1) is 12.0. The van der Waals surface area contributed by atoms with E-state index >= 15 is 0 Å². The minimum atomic E-state index is -4.62. The largest absolute Gasteiger partial charge is 0.416 e. The average molecular weight is 443 g/mol. The zero-order chi connectivity index (χ0) is 19.4.